The summed E-state index contributed by atoms with van der Waals surface area (Å²) in [4.78, 5) is 34.9. The Bertz CT molecular complexity index is 534. The van der Waals surface area contributed by atoms with Gasteiger partial charge in [0.1, 0.15) is 12.4 Å². The molecule has 0 heterocycles. The molecule has 0 aromatic heterocycles. The minimum Gasteiger partial charge on any atom is -0.468 e. The topological polar surface area (TPSA) is 78.9 Å². The van der Waals surface area contributed by atoms with E-state index in [9.17, 15) is 14.4 Å². The highest BCUT2D eigenvalue weighted by atomic mass is 16.6. The second-order valence-electron chi connectivity index (χ2n) is 4.19. The Balaban J connectivity index is 2.73. The van der Waals surface area contributed by atoms with Gasteiger partial charge in [-0.3, -0.25) is 9.59 Å². The predicted octanol–water partition coefficient (Wildman–Crippen LogP) is 1.50. The first kappa shape index (κ1) is 16.4. The van der Waals surface area contributed by atoms with E-state index in [4.69, 9.17) is 9.47 Å². The van der Waals surface area contributed by atoms with Crippen LogP contribution in [0.1, 0.15) is 6.92 Å². The molecular weight excluding hydrogens is 276 g/mol. The number of hydrogen-bond donors (Lipinski definition) is 0. The van der Waals surface area contributed by atoms with E-state index in [1.165, 1.54) is 6.92 Å². The molecule has 112 valence electrons. The number of ether oxygens (including phenoxy) is 3. The zero-order valence-electron chi connectivity index (χ0n) is 11.8. The van der Waals surface area contributed by atoms with Crippen molar-refractivity contribution in [2.24, 2.45) is 5.92 Å². The Morgan fingerprint density at radius 2 is 1.76 bits per heavy atom. The Morgan fingerprint density at radius 1 is 1.14 bits per heavy atom. The van der Waals surface area contributed by atoms with Crippen LogP contribution in [0.3, 0.4) is 0 Å². The standard InChI is InChI=1S/C15H16O6/c1-10(2)13(16)20-9-12(14(17)19-3)15(18)21-11-7-5-4-6-8-11/h4-8,12H,1,9H2,2-3H3. The Kier molecular flexibility index (Phi) is 6.13. The second kappa shape index (κ2) is 7.84. The van der Waals surface area contributed by atoms with Crippen LogP contribution in [0.4, 0.5) is 0 Å². The minimum atomic E-state index is -1.35. The number of hydrogen-bond acceptors (Lipinski definition) is 6. The SMILES string of the molecule is C=C(C)C(=O)OCC(C(=O)OC)C(=O)Oc1ccccc1. The van der Waals surface area contributed by atoms with Gasteiger partial charge in [-0.05, 0) is 19.1 Å². The van der Waals surface area contributed by atoms with E-state index in [-0.39, 0.29) is 11.3 Å². The normalized spacial score (nSPS) is 11.1. The molecule has 0 aliphatic rings. The van der Waals surface area contributed by atoms with Gasteiger partial charge in [0.25, 0.3) is 0 Å². The summed E-state index contributed by atoms with van der Waals surface area (Å²) in [5.74, 6) is -3.47. The lowest BCUT2D eigenvalue weighted by Crippen LogP contribution is -2.34. The van der Waals surface area contributed by atoms with Crippen molar-refractivity contribution >= 4 is 17.9 Å². The molecule has 0 aliphatic heterocycles. The highest BCUT2D eigenvalue weighted by Gasteiger charge is 2.31. The summed E-state index contributed by atoms with van der Waals surface area (Å²) >= 11 is 0. The molecule has 0 radical (unpaired) electrons. The first-order valence-corrected chi connectivity index (χ1v) is 6.13. The monoisotopic (exact) mass is 292 g/mol. The molecule has 0 N–H and O–H groups in total. The van der Waals surface area contributed by atoms with Crippen LogP contribution in [-0.4, -0.2) is 31.6 Å². The molecule has 1 rings (SSSR count). The number of carbonyl (C=O) groups is 3. The van der Waals surface area contributed by atoms with Gasteiger partial charge in [0.2, 0.25) is 0 Å². The fourth-order valence-electron chi connectivity index (χ4n) is 1.33. The Hall–Kier alpha value is -2.63. The van der Waals surface area contributed by atoms with E-state index in [0.717, 1.165) is 7.11 Å². The lowest BCUT2D eigenvalue weighted by molar-refractivity contribution is -0.160. The van der Waals surface area contributed by atoms with Crippen molar-refractivity contribution in [3.8, 4) is 5.75 Å². The molecule has 1 aromatic rings. The van der Waals surface area contributed by atoms with Gasteiger partial charge in [-0.1, -0.05) is 24.8 Å². The van der Waals surface area contributed by atoms with Crippen molar-refractivity contribution in [1.82, 2.24) is 0 Å². The van der Waals surface area contributed by atoms with Gasteiger partial charge in [-0.25, -0.2) is 4.79 Å². The van der Waals surface area contributed by atoms with Gasteiger partial charge in [-0.2, -0.15) is 0 Å². The fraction of sp³-hybridized carbons (Fsp3) is 0.267. The highest BCUT2D eigenvalue weighted by molar-refractivity contribution is 5.96. The fourth-order valence-corrected chi connectivity index (χ4v) is 1.33. The van der Waals surface area contributed by atoms with Crippen molar-refractivity contribution in [3.63, 3.8) is 0 Å². The number of para-hydroxylation sites is 1. The third-order valence-corrected chi connectivity index (χ3v) is 2.46. The maximum Gasteiger partial charge on any atom is 0.333 e. The first-order chi connectivity index (χ1) is 9.95. The Morgan fingerprint density at radius 3 is 2.29 bits per heavy atom. The van der Waals surface area contributed by atoms with Crippen LogP contribution in [0.15, 0.2) is 42.5 Å². The molecule has 0 bridgehead atoms. The lowest BCUT2D eigenvalue weighted by Gasteiger charge is -2.14. The van der Waals surface area contributed by atoms with E-state index >= 15 is 0 Å². The zero-order chi connectivity index (χ0) is 15.8. The van der Waals surface area contributed by atoms with Crippen LogP contribution < -0.4 is 4.74 Å². The summed E-state index contributed by atoms with van der Waals surface area (Å²) in [6.07, 6.45) is 0. The van der Waals surface area contributed by atoms with E-state index < -0.39 is 30.4 Å². The maximum atomic E-state index is 12.0. The van der Waals surface area contributed by atoms with Crippen LogP contribution in [0.5, 0.6) is 5.75 Å². The first-order valence-electron chi connectivity index (χ1n) is 6.13. The third kappa shape index (κ3) is 5.10. The molecule has 0 saturated carbocycles. The molecular formula is C15H16O6. The molecule has 0 spiro atoms. The third-order valence-electron chi connectivity index (χ3n) is 2.46. The molecule has 21 heavy (non-hydrogen) atoms. The molecule has 1 unspecified atom stereocenters. The quantitative estimate of drug-likeness (QED) is 0.342. The van der Waals surface area contributed by atoms with Crippen molar-refractivity contribution in [1.29, 1.82) is 0 Å². The molecule has 1 atom stereocenters. The van der Waals surface area contributed by atoms with Gasteiger partial charge < -0.3 is 14.2 Å². The average molecular weight is 292 g/mol. The maximum absolute atomic E-state index is 12.0. The van der Waals surface area contributed by atoms with E-state index in [0.29, 0.717) is 0 Å². The van der Waals surface area contributed by atoms with Crippen LogP contribution in [-0.2, 0) is 23.9 Å². The van der Waals surface area contributed by atoms with Crippen molar-refractivity contribution in [2.45, 2.75) is 6.92 Å². The average Bonchev–Trinajstić information content (AvgIpc) is 2.47. The summed E-state index contributed by atoms with van der Waals surface area (Å²) in [6, 6.07) is 8.23. The van der Waals surface area contributed by atoms with Gasteiger partial charge in [-0.15, -0.1) is 0 Å². The molecule has 0 saturated heterocycles. The van der Waals surface area contributed by atoms with Crippen LogP contribution in [0, 0.1) is 5.92 Å². The molecule has 0 amide bonds. The van der Waals surface area contributed by atoms with Gasteiger partial charge in [0.15, 0.2) is 5.92 Å². The second-order valence-corrected chi connectivity index (χ2v) is 4.19. The Labute approximate surface area is 122 Å². The number of carbonyl (C=O) groups excluding carboxylic acids is 3. The number of esters is 3. The number of rotatable bonds is 6. The summed E-state index contributed by atoms with van der Waals surface area (Å²) in [5, 5.41) is 0. The van der Waals surface area contributed by atoms with Crippen LogP contribution in [0.2, 0.25) is 0 Å². The van der Waals surface area contributed by atoms with E-state index in [1.54, 1.807) is 30.3 Å². The summed E-state index contributed by atoms with van der Waals surface area (Å²) in [5.41, 5.74) is 0.162. The largest absolute Gasteiger partial charge is 0.468 e. The minimum absolute atomic E-state index is 0.162. The lowest BCUT2D eigenvalue weighted by atomic mass is 10.1. The summed E-state index contributed by atoms with van der Waals surface area (Å²) in [6.45, 7) is 4.39. The van der Waals surface area contributed by atoms with Crippen molar-refractivity contribution in [3.05, 3.63) is 42.5 Å². The molecule has 0 aliphatic carbocycles. The highest BCUT2D eigenvalue weighted by Crippen LogP contribution is 2.13. The zero-order valence-corrected chi connectivity index (χ0v) is 11.8. The summed E-state index contributed by atoms with van der Waals surface area (Å²) in [7, 11) is 1.13. The number of benzene rings is 1. The summed E-state index contributed by atoms with van der Waals surface area (Å²) < 4.78 is 14.4. The van der Waals surface area contributed by atoms with Gasteiger partial charge in [0, 0.05) is 5.57 Å². The van der Waals surface area contributed by atoms with Crippen molar-refractivity contribution < 1.29 is 28.6 Å². The number of methoxy groups -OCH3 is 1. The smallest absolute Gasteiger partial charge is 0.333 e. The van der Waals surface area contributed by atoms with Crippen LogP contribution in [0.25, 0.3) is 0 Å². The molecule has 6 heteroatoms. The molecule has 0 fully saturated rings. The predicted molar refractivity (Wildman–Crippen MR) is 73.4 cm³/mol. The van der Waals surface area contributed by atoms with Crippen LogP contribution >= 0.6 is 0 Å². The van der Waals surface area contributed by atoms with Gasteiger partial charge >= 0.3 is 17.9 Å². The van der Waals surface area contributed by atoms with Crippen molar-refractivity contribution in [2.75, 3.05) is 13.7 Å². The molecule has 1 aromatic carbocycles. The van der Waals surface area contributed by atoms with E-state index in [1.807, 2.05) is 0 Å². The van der Waals surface area contributed by atoms with Gasteiger partial charge in [0.05, 0.1) is 7.11 Å². The van der Waals surface area contributed by atoms with E-state index in [2.05, 4.69) is 11.3 Å². The molecule has 6 nitrogen and oxygen atoms in total.